The number of methoxy groups -OCH3 is 1. The third-order valence-electron chi connectivity index (χ3n) is 8.02. The Bertz CT molecular complexity index is 1630. The van der Waals surface area contributed by atoms with Gasteiger partial charge in [0.1, 0.15) is 17.3 Å². The second-order valence-corrected chi connectivity index (χ2v) is 11.6. The lowest BCUT2D eigenvalue weighted by atomic mass is 9.87. The Morgan fingerprint density at radius 3 is 2.50 bits per heavy atom. The molecule has 1 amide bonds. The lowest BCUT2D eigenvalue weighted by Crippen LogP contribution is -2.47. The predicted octanol–water partition coefficient (Wildman–Crippen LogP) is 3.15. The molecule has 10 nitrogen and oxygen atoms in total. The van der Waals surface area contributed by atoms with Crippen LogP contribution >= 0.6 is 0 Å². The van der Waals surface area contributed by atoms with Crippen molar-refractivity contribution in [2.75, 3.05) is 25.7 Å². The second-order valence-electron chi connectivity index (χ2n) is 10.3. The average Bonchev–Trinajstić information content (AvgIpc) is 3.50. The number of fused-ring (bicyclic) bond motifs is 3. The molecule has 0 saturated carbocycles. The molecule has 0 radical (unpaired) electrons. The smallest absolute Gasteiger partial charge is 0.248 e. The van der Waals surface area contributed by atoms with Gasteiger partial charge in [0, 0.05) is 47.1 Å². The number of rotatable bonds is 6. The van der Waals surface area contributed by atoms with Crippen molar-refractivity contribution in [3.63, 3.8) is 0 Å². The number of piperidine rings is 1. The van der Waals surface area contributed by atoms with Gasteiger partial charge in [-0.3, -0.25) is 14.0 Å². The lowest BCUT2D eigenvalue weighted by molar-refractivity contribution is -0.138. The fraction of sp³-hybridized carbons (Fsp3) is 0.357. The third kappa shape index (κ3) is 4.31. The number of aliphatic hydroxyl groups is 1. The van der Waals surface area contributed by atoms with Gasteiger partial charge in [0.15, 0.2) is 17.2 Å². The third-order valence-corrected chi connectivity index (χ3v) is 9.01. The summed E-state index contributed by atoms with van der Waals surface area (Å²) in [4.78, 5) is 24.2. The number of carbonyl (C=O) groups is 1. The Morgan fingerprint density at radius 1 is 1.18 bits per heavy atom. The molecule has 3 aromatic heterocycles. The second kappa shape index (κ2) is 10.3. The topological polar surface area (TPSA) is 136 Å². The quantitative estimate of drug-likeness (QED) is 0.365. The number of carbonyl (C=O) groups excluding carboxylic acids is 1. The van der Waals surface area contributed by atoms with Crippen LogP contribution in [-0.4, -0.2) is 71.8 Å². The van der Waals surface area contributed by atoms with E-state index in [1.807, 2.05) is 11.0 Å². The number of benzene rings is 1. The van der Waals surface area contributed by atoms with E-state index in [2.05, 4.69) is 10.1 Å². The SMILES string of the molecule is COc1ccc(-c2ccc(-c3cnn4c(N)c(S(C)=O)c(C5CC6CCC(C5)N6C(=O)CO)nc34)cn2)cc1F. The highest BCUT2D eigenvalue weighted by Gasteiger charge is 2.44. The number of pyridine rings is 1. The molecule has 4 aromatic rings. The maximum Gasteiger partial charge on any atom is 0.248 e. The maximum atomic E-state index is 14.2. The van der Waals surface area contributed by atoms with Crippen molar-refractivity contribution in [1.29, 1.82) is 0 Å². The van der Waals surface area contributed by atoms with E-state index in [0.717, 1.165) is 18.4 Å². The normalized spacial score (nSPS) is 21.1. The molecule has 3 unspecified atom stereocenters. The van der Waals surface area contributed by atoms with Crippen molar-refractivity contribution in [2.24, 2.45) is 0 Å². The maximum absolute atomic E-state index is 14.2. The Balaban J connectivity index is 1.38. The van der Waals surface area contributed by atoms with Crippen LogP contribution in [0.5, 0.6) is 5.75 Å². The van der Waals surface area contributed by atoms with E-state index in [0.29, 0.717) is 45.9 Å². The predicted molar refractivity (Wildman–Crippen MR) is 148 cm³/mol. The molecule has 6 rings (SSSR count). The minimum atomic E-state index is -1.42. The molecule has 12 heteroatoms. The molecule has 1 aromatic carbocycles. The number of nitrogens with zero attached hydrogens (tertiary/aromatic N) is 5. The van der Waals surface area contributed by atoms with Crippen LogP contribution in [0.3, 0.4) is 0 Å². The van der Waals surface area contributed by atoms with Crippen LogP contribution in [0.2, 0.25) is 0 Å². The largest absolute Gasteiger partial charge is 0.494 e. The standard InChI is InChI=1S/C28H29FN6O4S/c1-39-23-8-4-15(11-21(23)29)22-7-3-16(12-31-22)20-13-32-35-27(30)26(40(2)38)25(33-28(20)35)17-9-18-5-6-19(10-17)34(18)24(37)14-36/h3-4,7-8,11-13,17-19,36H,5-6,9-10,14,30H2,1-2H3. The summed E-state index contributed by atoms with van der Waals surface area (Å²) in [6.45, 7) is -0.502. The molecule has 40 heavy (non-hydrogen) atoms. The highest BCUT2D eigenvalue weighted by molar-refractivity contribution is 7.84. The van der Waals surface area contributed by atoms with Gasteiger partial charge in [-0.1, -0.05) is 6.07 Å². The van der Waals surface area contributed by atoms with Gasteiger partial charge in [-0.05, 0) is 49.9 Å². The van der Waals surface area contributed by atoms with Crippen LogP contribution < -0.4 is 10.5 Å². The summed E-state index contributed by atoms with van der Waals surface area (Å²) >= 11 is 0. The molecule has 2 aliphatic heterocycles. The fourth-order valence-electron chi connectivity index (χ4n) is 6.23. The lowest BCUT2D eigenvalue weighted by Gasteiger charge is -2.39. The zero-order valence-corrected chi connectivity index (χ0v) is 22.9. The average molecular weight is 565 g/mol. The molecule has 3 atom stereocenters. The van der Waals surface area contributed by atoms with Gasteiger partial charge >= 0.3 is 0 Å². The molecule has 2 fully saturated rings. The zero-order valence-electron chi connectivity index (χ0n) is 22.1. The number of aromatic nitrogens is 4. The summed E-state index contributed by atoms with van der Waals surface area (Å²) in [5.74, 6) is -0.326. The first-order chi connectivity index (χ1) is 19.3. The molecular weight excluding hydrogens is 535 g/mol. The fourth-order valence-corrected chi connectivity index (χ4v) is 7.12. The number of halogens is 1. The van der Waals surface area contributed by atoms with Crippen LogP contribution in [0.15, 0.2) is 47.6 Å². The van der Waals surface area contributed by atoms with Gasteiger partial charge in [-0.15, -0.1) is 0 Å². The first-order valence-electron chi connectivity index (χ1n) is 13.0. The van der Waals surface area contributed by atoms with Crippen LogP contribution in [0.1, 0.15) is 37.3 Å². The van der Waals surface area contributed by atoms with Gasteiger partial charge < -0.3 is 20.5 Å². The molecule has 3 N–H and O–H groups in total. The van der Waals surface area contributed by atoms with Crippen molar-refractivity contribution < 1.29 is 23.2 Å². The molecule has 2 aliphatic rings. The molecule has 2 bridgehead atoms. The van der Waals surface area contributed by atoms with Crippen molar-refractivity contribution >= 4 is 28.2 Å². The molecule has 2 saturated heterocycles. The van der Waals surface area contributed by atoms with Crippen molar-refractivity contribution in [3.8, 4) is 28.1 Å². The van der Waals surface area contributed by atoms with Gasteiger partial charge in [-0.25, -0.2) is 9.37 Å². The summed E-state index contributed by atoms with van der Waals surface area (Å²) < 4.78 is 33.6. The van der Waals surface area contributed by atoms with E-state index in [-0.39, 0.29) is 35.5 Å². The summed E-state index contributed by atoms with van der Waals surface area (Å²) in [7, 11) is 0.000943. The van der Waals surface area contributed by atoms with E-state index in [4.69, 9.17) is 15.5 Å². The van der Waals surface area contributed by atoms with Crippen molar-refractivity contribution in [3.05, 3.63) is 54.2 Å². The number of nitrogens with two attached hydrogens (primary N) is 1. The van der Waals surface area contributed by atoms with E-state index >= 15 is 0 Å². The molecule has 0 aliphatic carbocycles. The number of ether oxygens (including phenoxy) is 1. The minimum Gasteiger partial charge on any atom is -0.494 e. The summed E-state index contributed by atoms with van der Waals surface area (Å²) in [6, 6.07) is 8.35. The molecule has 0 spiro atoms. The van der Waals surface area contributed by atoms with Crippen LogP contribution in [0.4, 0.5) is 10.2 Å². The molecule has 5 heterocycles. The summed E-state index contributed by atoms with van der Waals surface area (Å²) in [6.07, 6.45) is 7.96. The summed E-state index contributed by atoms with van der Waals surface area (Å²) in [5.41, 5.74) is 10.4. The number of amides is 1. The number of hydrogen-bond acceptors (Lipinski definition) is 8. The number of hydrogen-bond donors (Lipinski definition) is 2. The number of nitrogen functional groups attached to an aromatic ring is 1. The Kier molecular flexibility index (Phi) is 6.75. The number of aliphatic hydroxyl groups excluding tert-OH is 1. The van der Waals surface area contributed by atoms with Crippen LogP contribution in [-0.2, 0) is 15.6 Å². The minimum absolute atomic E-state index is 0.00436. The van der Waals surface area contributed by atoms with Crippen LogP contribution in [0, 0.1) is 5.82 Å². The molecular formula is C28H29FN6O4S. The Morgan fingerprint density at radius 2 is 1.90 bits per heavy atom. The monoisotopic (exact) mass is 564 g/mol. The Hall–Kier alpha value is -3.90. The van der Waals surface area contributed by atoms with Gasteiger partial charge in [-0.2, -0.15) is 9.61 Å². The van der Waals surface area contributed by atoms with E-state index in [1.165, 1.54) is 17.7 Å². The zero-order chi connectivity index (χ0) is 28.1. The van der Waals surface area contributed by atoms with E-state index in [1.54, 1.807) is 36.8 Å². The highest BCUT2D eigenvalue weighted by Crippen LogP contribution is 2.45. The summed E-state index contributed by atoms with van der Waals surface area (Å²) in [5, 5.41) is 13.9. The first-order valence-corrected chi connectivity index (χ1v) is 14.6. The van der Waals surface area contributed by atoms with Gasteiger partial charge in [0.25, 0.3) is 0 Å². The Labute approximate surface area is 232 Å². The van der Waals surface area contributed by atoms with Crippen molar-refractivity contribution in [1.82, 2.24) is 24.5 Å². The first kappa shape index (κ1) is 26.3. The van der Waals surface area contributed by atoms with Gasteiger partial charge in [0.2, 0.25) is 5.91 Å². The molecule has 208 valence electrons. The number of anilines is 1. The van der Waals surface area contributed by atoms with Gasteiger partial charge in [0.05, 0.1) is 35.5 Å². The highest BCUT2D eigenvalue weighted by atomic mass is 32.2. The van der Waals surface area contributed by atoms with Crippen molar-refractivity contribution in [2.45, 2.75) is 48.6 Å². The van der Waals surface area contributed by atoms with E-state index in [9.17, 15) is 18.5 Å². The van der Waals surface area contributed by atoms with E-state index < -0.39 is 23.2 Å². The van der Waals surface area contributed by atoms with Crippen LogP contribution in [0.25, 0.3) is 28.0 Å².